The highest BCUT2D eigenvalue weighted by Gasteiger charge is 2.21. The van der Waals surface area contributed by atoms with E-state index < -0.39 is 0 Å². The number of benzene rings is 8. The molecule has 53 heavy (non-hydrogen) atoms. The van der Waals surface area contributed by atoms with E-state index in [1.165, 1.54) is 73.6 Å². The van der Waals surface area contributed by atoms with Crippen molar-refractivity contribution in [3.8, 4) is 28.3 Å². The number of para-hydroxylation sites is 1. The second kappa shape index (κ2) is 11.1. The Bertz CT molecular complexity index is 3440. The molecule has 0 aliphatic carbocycles. The number of hydrogen-bond acceptors (Lipinski definition) is 4. The average Bonchev–Trinajstić information content (AvgIpc) is 3.91. The Morgan fingerprint density at radius 3 is 1.81 bits per heavy atom. The predicted octanol–water partition coefficient (Wildman–Crippen LogP) is 13.9. The van der Waals surface area contributed by atoms with Crippen molar-refractivity contribution >= 4 is 106 Å². The first-order chi connectivity index (χ1) is 26.3. The minimum Gasteiger partial charge on any atom is -0.309 e. The maximum Gasteiger partial charge on any atom is 0.161 e. The molecule has 0 saturated carbocycles. The predicted molar refractivity (Wildman–Crippen MR) is 228 cm³/mol. The lowest BCUT2D eigenvalue weighted by molar-refractivity contribution is 1.18. The van der Waals surface area contributed by atoms with Crippen LogP contribution in [0.2, 0.25) is 0 Å². The topological polar surface area (TPSA) is 30.7 Å². The molecule has 0 fully saturated rings. The zero-order valence-electron chi connectivity index (χ0n) is 28.2. The molecule has 0 unspecified atom stereocenters. The first kappa shape index (κ1) is 29.2. The Balaban J connectivity index is 1.13. The van der Waals surface area contributed by atoms with Gasteiger partial charge in [0.05, 0.1) is 16.7 Å². The lowest BCUT2D eigenvalue weighted by atomic mass is 9.95. The van der Waals surface area contributed by atoms with Gasteiger partial charge in [0, 0.05) is 74.0 Å². The van der Waals surface area contributed by atoms with Crippen LogP contribution >= 0.6 is 22.7 Å². The number of hydrogen-bond donors (Lipinski definition) is 0. The molecule has 0 saturated heterocycles. The quantitative estimate of drug-likeness (QED) is 0.171. The third kappa shape index (κ3) is 4.15. The van der Waals surface area contributed by atoms with E-state index in [9.17, 15) is 0 Å². The molecule has 4 aromatic heterocycles. The Morgan fingerprint density at radius 2 is 1.02 bits per heavy atom. The Kier molecular flexibility index (Phi) is 6.09. The molecule has 0 aliphatic rings. The summed E-state index contributed by atoms with van der Waals surface area (Å²) in [6.45, 7) is 0. The summed E-state index contributed by atoms with van der Waals surface area (Å²) < 4.78 is 6.36. The summed E-state index contributed by atoms with van der Waals surface area (Å²) in [5.41, 5.74) is 6.60. The van der Waals surface area contributed by atoms with Crippen molar-refractivity contribution in [3.05, 3.63) is 164 Å². The number of fused-ring (bicyclic) bond motifs is 15. The van der Waals surface area contributed by atoms with Crippen molar-refractivity contribution in [1.82, 2.24) is 14.5 Å². The van der Waals surface area contributed by atoms with Crippen LogP contribution in [0.4, 0.5) is 0 Å². The van der Waals surface area contributed by atoms with Gasteiger partial charge in [-0.05, 0) is 53.2 Å². The Morgan fingerprint density at radius 1 is 0.396 bits per heavy atom. The second-order valence-electron chi connectivity index (χ2n) is 13.7. The first-order valence-corrected chi connectivity index (χ1v) is 19.5. The fourth-order valence-electron chi connectivity index (χ4n) is 8.53. The maximum atomic E-state index is 5.27. The van der Waals surface area contributed by atoms with Gasteiger partial charge in [0.25, 0.3) is 0 Å². The van der Waals surface area contributed by atoms with Gasteiger partial charge in [-0.2, -0.15) is 0 Å². The lowest BCUT2D eigenvalue weighted by Gasteiger charge is -2.14. The highest BCUT2D eigenvalue weighted by molar-refractivity contribution is 7.27. The van der Waals surface area contributed by atoms with Gasteiger partial charge in [-0.3, -0.25) is 0 Å². The van der Waals surface area contributed by atoms with Crippen molar-refractivity contribution in [2.45, 2.75) is 0 Å². The van der Waals surface area contributed by atoms with Crippen molar-refractivity contribution in [2.24, 2.45) is 0 Å². The van der Waals surface area contributed by atoms with Gasteiger partial charge < -0.3 is 4.57 Å². The summed E-state index contributed by atoms with van der Waals surface area (Å²) in [5, 5.41) is 12.7. The van der Waals surface area contributed by atoms with E-state index in [0.717, 1.165) is 38.5 Å². The van der Waals surface area contributed by atoms with Crippen LogP contribution in [0.25, 0.3) is 112 Å². The number of nitrogens with zero attached hydrogens (tertiary/aromatic N) is 3. The van der Waals surface area contributed by atoms with Crippen LogP contribution in [-0.2, 0) is 0 Å². The fourth-order valence-corrected chi connectivity index (χ4v) is 10.9. The summed E-state index contributed by atoms with van der Waals surface area (Å²) in [7, 11) is 0. The zero-order valence-corrected chi connectivity index (χ0v) is 29.9. The molecule has 0 aliphatic heterocycles. The molecule has 5 heteroatoms. The molecule has 0 amide bonds. The van der Waals surface area contributed by atoms with Crippen LogP contribution in [0, 0.1) is 0 Å². The maximum absolute atomic E-state index is 5.27. The molecule has 0 bridgehead atoms. The van der Waals surface area contributed by atoms with Crippen LogP contribution in [0.1, 0.15) is 0 Å². The molecule has 246 valence electrons. The van der Waals surface area contributed by atoms with E-state index in [4.69, 9.17) is 9.97 Å². The SMILES string of the molecule is c1ccc(-c2nc(-c3ccc(-n4c5ccccc5c5ccc6c7c8ccccc8sc7c7ccccc7c6c54)cc3)nc3sc4ccccc4c23)cc1. The van der Waals surface area contributed by atoms with Crippen molar-refractivity contribution < 1.29 is 0 Å². The summed E-state index contributed by atoms with van der Waals surface area (Å²) in [6, 6.07) is 59.2. The van der Waals surface area contributed by atoms with Crippen LogP contribution in [-0.4, -0.2) is 14.5 Å². The van der Waals surface area contributed by atoms with E-state index in [0.29, 0.717) is 0 Å². The van der Waals surface area contributed by atoms with Crippen LogP contribution in [0.5, 0.6) is 0 Å². The van der Waals surface area contributed by atoms with Gasteiger partial charge in [-0.15, -0.1) is 22.7 Å². The molecular weight excluding hydrogens is 683 g/mol. The average molecular weight is 710 g/mol. The zero-order chi connectivity index (χ0) is 34.6. The molecule has 8 aromatic carbocycles. The molecule has 0 atom stereocenters. The van der Waals surface area contributed by atoms with Crippen molar-refractivity contribution in [1.29, 1.82) is 0 Å². The normalized spacial score (nSPS) is 12.2. The number of thiophene rings is 2. The molecule has 12 aromatic rings. The third-order valence-electron chi connectivity index (χ3n) is 10.8. The standard InChI is InChI=1S/C48H27N3S2/c1-2-12-28(13-3-1)44-43-36-18-8-11-21-40(36)53-48(43)50-47(49-44)29-22-24-30(25-23-29)51-38-19-9-6-14-31(38)33-26-27-37-41(45(33)51)32-15-4-5-16-34(32)46-42(37)35-17-7-10-20-39(35)52-46/h1-27H. The van der Waals surface area contributed by atoms with Gasteiger partial charge in [0.2, 0.25) is 0 Å². The molecule has 0 radical (unpaired) electrons. The monoisotopic (exact) mass is 709 g/mol. The summed E-state index contributed by atoms with van der Waals surface area (Å²) in [5.74, 6) is 0.736. The Labute approximate surface area is 311 Å². The van der Waals surface area contributed by atoms with E-state index in [2.05, 4.69) is 168 Å². The fraction of sp³-hybridized carbons (Fsp3) is 0. The van der Waals surface area contributed by atoms with Crippen LogP contribution in [0.3, 0.4) is 0 Å². The lowest BCUT2D eigenvalue weighted by Crippen LogP contribution is -1.97. The van der Waals surface area contributed by atoms with Crippen LogP contribution in [0.15, 0.2) is 164 Å². The molecule has 4 heterocycles. The summed E-state index contributed by atoms with van der Waals surface area (Å²) in [4.78, 5) is 11.5. The van der Waals surface area contributed by atoms with E-state index in [-0.39, 0.29) is 0 Å². The van der Waals surface area contributed by atoms with Gasteiger partial charge >= 0.3 is 0 Å². The summed E-state index contributed by atoms with van der Waals surface area (Å²) in [6.07, 6.45) is 0. The molecule has 0 spiro atoms. The molecular formula is C48H27N3S2. The smallest absolute Gasteiger partial charge is 0.161 e. The van der Waals surface area contributed by atoms with Gasteiger partial charge in [0.1, 0.15) is 4.83 Å². The largest absolute Gasteiger partial charge is 0.309 e. The molecule has 0 N–H and O–H groups in total. The molecule has 3 nitrogen and oxygen atoms in total. The minimum atomic E-state index is 0.736. The second-order valence-corrected chi connectivity index (χ2v) is 15.8. The van der Waals surface area contributed by atoms with E-state index in [1.807, 2.05) is 11.3 Å². The van der Waals surface area contributed by atoms with E-state index in [1.54, 1.807) is 11.3 Å². The highest BCUT2D eigenvalue weighted by atomic mass is 32.1. The highest BCUT2D eigenvalue weighted by Crippen LogP contribution is 2.48. The van der Waals surface area contributed by atoms with Gasteiger partial charge in [-0.25, -0.2) is 9.97 Å². The van der Waals surface area contributed by atoms with Crippen LogP contribution < -0.4 is 0 Å². The first-order valence-electron chi connectivity index (χ1n) is 17.8. The number of rotatable bonds is 3. The third-order valence-corrected chi connectivity index (χ3v) is 13.1. The Hall–Kier alpha value is -6.40. The van der Waals surface area contributed by atoms with E-state index >= 15 is 0 Å². The van der Waals surface area contributed by atoms with Crippen molar-refractivity contribution in [3.63, 3.8) is 0 Å². The van der Waals surface area contributed by atoms with Crippen molar-refractivity contribution in [2.75, 3.05) is 0 Å². The van der Waals surface area contributed by atoms with Gasteiger partial charge in [0.15, 0.2) is 5.82 Å². The molecule has 12 rings (SSSR count). The minimum absolute atomic E-state index is 0.736. The van der Waals surface area contributed by atoms with Gasteiger partial charge in [-0.1, -0.05) is 121 Å². The number of aromatic nitrogens is 3. The summed E-state index contributed by atoms with van der Waals surface area (Å²) >= 11 is 3.63.